The molecule has 10 heteroatoms. The van der Waals surface area contributed by atoms with Crippen molar-refractivity contribution in [3.63, 3.8) is 0 Å². The lowest BCUT2D eigenvalue weighted by Crippen LogP contribution is -2.23. The van der Waals surface area contributed by atoms with E-state index in [0.717, 1.165) is 0 Å². The van der Waals surface area contributed by atoms with Crippen LogP contribution in [0.4, 0.5) is 15.8 Å². The molecule has 0 radical (unpaired) electrons. The van der Waals surface area contributed by atoms with Gasteiger partial charge in [0.25, 0.3) is 21.5 Å². The predicted molar refractivity (Wildman–Crippen MR) is 132 cm³/mol. The van der Waals surface area contributed by atoms with E-state index in [2.05, 4.69) is 10.0 Å². The average molecular weight is 495 g/mol. The van der Waals surface area contributed by atoms with E-state index in [4.69, 9.17) is 0 Å². The molecule has 2 N–H and O–H groups in total. The highest BCUT2D eigenvalue weighted by molar-refractivity contribution is 7.92. The van der Waals surface area contributed by atoms with Gasteiger partial charge in [0.15, 0.2) is 0 Å². The molecule has 4 aromatic rings. The maximum atomic E-state index is 13.5. The van der Waals surface area contributed by atoms with Gasteiger partial charge >= 0.3 is 0 Å². The number of anilines is 2. The zero-order chi connectivity index (χ0) is 25.3. The fraction of sp³-hybridized carbons (Fsp3) is 0.120. The first-order valence-corrected chi connectivity index (χ1v) is 12.1. The van der Waals surface area contributed by atoms with Gasteiger partial charge in [-0.1, -0.05) is 24.3 Å². The monoisotopic (exact) mass is 494 g/mol. The summed E-state index contributed by atoms with van der Waals surface area (Å²) in [6.45, 7) is 3.37. The van der Waals surface area contributed by atoms with Gasteiger partial charge in [-0.3, -0.25) is 19.0 Å². The second kappa shape index (κ2) is 9.22. The van der Waals surface area contributed by atoms with Crippen LogP contribution in [0.3, 0.4) is 0 Å². The van der Waals surface area contributed by atoms with E-state index in [1.165, 1.54) is 41.1 Å². The van der Waals surface area contributed by atoms with Gasteiger partial charge in [-0.05, 0) is 67.9 Å². The molecule has 0 aliphatic rings. The van der Waals surface area contributed by atoms with E-state index < -0.39 is 27.3 Å². The number of carbonyl (C=O) groups is 1. The first kappa shape index (κ1) is 24.0. The van der Waals surface area contributed by atoms with Crippen molar-refractivity contribution in [2.24, 2.45) is 7.05 Å². The van der Waals surface area contributed by atoms with Crippen LogP contribution in [0.25, 0.3) is 5.69 Å². The van der Waals surface area contributed by atoms with Gasteiger partial charge in [-0.25, -0.2) is 17.5 Å². The van der Waals surface area contributed by atoms with E-state index >= 15 is 0 Å². The van der Waals surface area contributed by atoms with Gasteiger partial charge in [-0.2, -0.15) is 0 Å². The van der Waals surface area contributed by atoms with Crippen molar-refractivity contribution in [3.8, 4) is 5.69 Å². The summed E-state index contributed by atoms with van der Waals surface area (Å²) in [5, 5.41) is 2.61. The van der Waals surface area contributed by atoms with Gasteiger partial charge < -0.3 is 5.32 Å². The van der Waals surface area contributed by atoms with Crippen molar-refractivity contribution in [1.29, 1.82) is 0 Å². The Hall–Kier alpha value is -4.18. The number of sulfonamides is 1. The second-order valence-electron chi connectivity index (χ2n) is 7.98. The molecule has 1 amide bonds. The Morgan fingerprint density at radius 1 is 0.943 bits per heavy atom. The number of hydrogen-bond acceptors (Lipinski definition) is 4. The number of benzene rings is 3. The van der Waals surface area contributed by atoms with Gasteiger partial charge in [0, 0.05) is 18.3 Å². The molecule has 0 spiro atoms. The van der Waals surface area contributed by atoms with Crippen LogP contribution in [0.5, 0.6) is 0 Å². The molecule has 0 bridgehead atoms. The molecule has 0 fully saturated rings. The smallest absolute Gasteiger partial charge is 0.296 e. The molecule has 1 aromatic heterocycles. The van der Waals surface area contributed by atoms with Crippen molar-refractivity contribution in [2.45, 2.75) is 18.7 Å². The molecule has 4 rings (SSSR count). The van der Waals surface area contributed by atoms with Crippen molar-refractivity contribution in [1.82, 2.24) is 9.36 Å². The summed E-state index contributed by atoms with van der Waals surface area (Å²) < 4.78 is 44.8. The summed E-state index contributed by atoms with van der Waals surface area (Å²) in [7, 11) is -2.45. The Morgan fingerprint density at radius 2 is 1.60 bits per heavy atom. The Balaban J connectivity index is 1.58. The molecule has 0 aliphatic heterocycles. The lowest BCUT2D eigenvalue weighted by molar-refractivity contribution is 0.102. The second-order valence-corrected chi connectivity index (χ2v) is 9.66. The van der Waals surface area contributed by atoms with Crippen LogP contribution in [0.15, 0.2) is 82.5 Å². The minimum absolute atomic E-state index is 0.0697. The maximum Gasteiger partial charge on any atom is 0.296 e. The number of carbonyl (C=O) groups excluding carboxylic acids is 1. The molecule has 0 aliphatic carbocycles. The number of rotatable bonds is 6. The van der Waals surface area contributed by atoms with E-state index in [9.17, 15) is 22.4 Å². The topological polar surface area (TPSA) is 102 Å². The molecule has 180 valence electrons. The Bertz CT molecular complexity index is 1570. The normalized spacial score (nSPS) is 11.3. The first-order chi connectivity index (χ1) is 16.6. The Kier molecular flexibility index (Phi) is 6.31. The summed E-state index contributed by atoms with van der Waals surface area (Å²) >= 11 is 0. The molecule has 3 aromatic carbocycles. The van der Waals surface area contributed by atoms with Crippen LogP contribution in [0, 0.1) is 19.7 Å². The minimum atomic E-state index is -4.12. The number of hydrogen-bond donors (Lipinski definition) is 2. The summed E-state index contributed by atoms with van der Waals surface area (Å²) in [4.78, 5) is 25.5. The van der Waals surface area contributed by atoms with E-state index in [1.807, 2.05) is 6.07 Å². The number of aryl methyl sites for hydroxylation is 1. The highest BCUT2D eigenvalue weighted by Gasteiger charge is 2.23. The van der Waals surface area contributed by atoms with Crippen LogP contribution < -0.4 is 15.6 Å². The Labute approximate surface area is 201 Å². The molecule has 1 heterocycles. The standard InChI is InChI=1S/C25H23FN4O4S/c1-16-9-12-19(26)15-22(16)27-24(31)18-10-13-21(14-11-18)35(33,34)28-23-17(2)29(3)30(25(23)32)20-7-5-4-6-8-20/h4-15,28H,1-3H3,(H,27,31). The SMILES string of the molecule is Cc1ccc(F)cc1NC(=O)c1ccc(S(=O)(=O)Nc2c(C)n(C)n(-c3ccccc3)c2=O)cc1. The van der Waals surface area contributed by atoms with Crippen LogP contribution >= 0.6 is 0 Å². The lowest BCUT2D eigenvalue weighted by Gasteiger charge is -2.10. The highest BCUT2D eigenvalue weighted by Crippen LogP contribution is 2.21. The fourth-order valence-corrected chi connectivity index (χ4v) is 4.70. The van der Waals surface area contributed by atoms with Crippen molar-refractivity contribution in [2.75, 3.05) is 10.0 Å². The molecule has 8 nitrogen and oxygen atoms in total. The predicted octanol–water partition coefficient (Wildman–Crippen LogP) is 3.99. The van der Waals surface area contributed by atoms with Crippen molar-refractivity contribution in [3.05, 3.63) is 106 Å². The van der Waals surface area contributed by atoms with E-state index in [1.54, 1.807) is 55.9 Å². The first-order valence-electron chi connectivity index (χ1n) is 10.6. The van der Waals surface area contributed by atoms with Gasteiger partial charge in [0.05, 0.1) is 16.3 Å². The van der Waals surface area contributed by atoms with Crippen LogP contribution in [-0.2, 0) is 17.1 Å². The molecule has 0 atom stereocenters. The van der Waals surface area contributed by atoms with Crippen LogP contribution in [0.2, 0.25) is 0 Å². The van der Waals surface area contributed by atoms with Gasteiger partial charge in [0.2, 0.25) is 0 Å². The highest BCUT2D eigenvalue weighted by atomic mass is 32.2. The number of halogens is 1. The fourth-order valence-electron chi connectivity index (χ4n) is 3.59. The molecular formula is C25H23FN4O4S. The third kappa shape index (κ3) is 4.73. The number of para-hydroxylation sites is 1. The number of nitrogens with zero attached hydrogens (tertiary/aromatic N) is 2. The Morgan fingerprint density at radius 3 is 2.26 bits per heavy atom. The van der Waals surface area contributed by atoms with E-state index in [0.29, 0.717) is 22.6 Å². The van der Waals surface area contributed by atoms with Gasteiger partial charge in [0.1, 0.15) is 11.5 Å². The molecule has 0 saturated carbocycles. The summed E-state index contributed by atoms with van der Waals surface area (Å²) in [5.41, 5.74) is 1.64. The van der Waals surface area contributed by atoms with Gasteiger partial charge in [-0.15, -0.1) is 0 Å². The minimum Gasteiger partial charge on any atom is -0.322 e. The number of aromatic nitrogens is 2. The van der Waals surface area contributed by atoms with Crippen molar-refractivity contribution >= 4 is 27.3 Å². The third-order valence-electron chi connectivity index (χ3n) is 5.67. The largest absolute Gasteiger partial charge is 0.322 e. The maximum absolute atomic E-state index is 13.5. The lowest BCUT2D eigenvalue weighted by atomic mass is 10.1. The summed E-state index contributed by atoms with van der Waals surface area (Å²) in [6.07, 6.45) is 0. The van der Waals surface area contributed by atoms with E-state index in [-0.39, 0.29) is 16.1 Å². The third-order valence-corrected chi connectivity index (χ3v) is 7.03. The molecule has 35 heavy (non-hydrogen) atoms. The average Bonchev–Trinajstić information content (AvgIpc) is 3.04. The summed E-state index contributed by atoms with van der Waals surface area (Å²) in [6, 6.07) is 18.1. The zero-order valence-electron chi connectivity index (χ0n) is 19.2. The molecule has 0 saturated heterocycles. The molecule has 0 unspecified atom stereocenters. The number of nitrogens with one attached hydrogen (secondary N) is 2. The quantitative estimate of drug-likeness (QED) is 0.423. The van der Waals surface area contributed by atoms with Crippen molar-refractivity contribution < 1.29 is 17.6 Å². The van der Waals surface area contributed by atoms with Crippen LogP contribution in [0.1, 0.15) is 21.6 Å². The number of amides is 1. The van der Waals surface area contributed by atoms with Crippen LogP contribution in [-0.4, -0.2) is 23.7 Å². The molecular weight excluding hydrogens is 471 g/mol. The summed E-state index contributed by atoms with van der Waals surface area (Å²) in [5.74, 6) is -0.999. The zero-order valence-corrected chi connectivity index (χ0v) is 20.1.